The van der Waals surface area contributed by atoms with Gasteiger partial charge in [-0.25, -0.2) is 9.59 Å². The van der Waals surface area contributed by atoms with Crippen LogP contribution in [-0.4, -0.2) is 36.3 Å². The second-order valence-electron chi connectivity index (χ2n) is 12.5. The van der Waals surface area contributed by atoms with Gasteiger partial charge in [-0.05, 0) is 91.6 Å². The lowest BCUT2D eigenvalue weighted by atomic mass is 9.83. The van der Waals surface area contributed by atoms with E-state index in [-0.39, 0.29) is 18.8 Å². The maximum absolute atomic E-state index is 14.4. The lowest BCUT2D eigenvalue weighted by molar-refractivity contribution is -0.166. The zero-order valence-corrected chi connectivity index (χ0v) is 26.9. The number of nitrogens with zero attached hydrogens (tertiary/aromatic N) is 1. The summed E-state index contributed by atoms with van der Waals surface area (Å²) < 4.78 is 17.6. The Balaban J connectivity index is 1.67. The van der Waals surface area contributed by atoms with Crippen LogP contribution in [0.2, 0.25) is 0 Å². The number of hydrogen-bond acceptors (Lipinski definition) is 7. The topological polar surface area (TPSA) is 77.1 Å². The summed E-state index contributed by atoms with van der Waals surface area (Å²) in [4.78, 5) is 30.9. The molecule has 0 aliphatic carbocycles. The number of anilines is 1. The maximum atomic E-state index is 14.4. The van der Waals surface area contributed by atoms with Gasteiger partial charge in [-0.15, -0.1) is 0 Å². The van der Waals surface area contributed by atoms with E-state index in [0.717, 1.165) is 38.4 Å². The summed E-state index contributed by atoms with van der Waals surface area (Å²) in [5.41, 5.74) is 0.216. The van der Waals surface area contributed by atoms with Crippen LogP contribution in [0.5, 0.6) is 5.75 Å². The third-order valence-corrected chi connectivity index (χ3v) is 8.32. The molecule has 1 N–H and O–H groups in total. The van der Waals surface area contributed by atoms with Crippen molar-refractivity contribution >= 4 is 39.2 Å². The van der Waals surface area contributed by atoms with Crippen molar-refractivity contribution < 1.29 is 23.8 Å². The Morgan fingerprint density at radius 3 is 1.74 bits per heavy atom. The fraction of sp³-hybridized carbons (Fsp3) is 0.282. The van der Waals surface area contributed by atoms with E-state index in [9.17, 15) is 9.59 Å². The van der Waals surface area contributed by atoms with Crippen LogP contribution in [0.1, 0.15) is 58.0 Å². The van der Waals surface area contributed by atoms with Crippen LogP contribution in [0.25, 0.3) is 21.5 Å². The highest BCUT2D eigenvalue weighted by molar-refractivity contribution is 6.08. The smallest absolute Gasteiger partial charge is 0.340 e. The first-order valence-corrected chi connectivity index (χ1v) is 15.8. The molecule has 0 aromatic heterocycles. The Morgan fingerprint density at radius 2 is 1.20 bits per heavy atom. The summed E-state index contributed by atoms with van der Waals surface area (Å²) in [6.45, 7) is 9.70. The Bertz CT molecular complexity index is 1850. The van der Waals surface area contributed by atoms with E-state index in [2.05, 4.69) is 28.4 Å². The fourth-order valence-electron chi connectivity index (χ4n) is 6.56. The largest absolute Gasteiger partial charge is 0.488 e. The molecule has 1 fully saturated rings. The molecule has 1 aliphatic heterocycles. The van der Waals surface area contributed by atoms with E-state index in [0.29, 0.717) is 5.75 Å². The quantitative estimate of drug-likeness (QED) is 0.140. The first-order chi connectivity index (χ1) is 22.2. The molecule has 46 heavy (non-hydrogen) atoms. The average molecular weight is 617 g/mol. The van der Waals surface area contributed by atoms with Gasteiger partial charge in [-0.2, -0.15) is 0 Å². The van der Waals surface area contributed by atoms with Gasteiger partial charge in [-0.1, -0.05) is 84.9 Å². The first-order valence-electron chi connectivity index (χ1n) is 15.8. The van der Waals surface area contributed by atoms with Crippen molar-refractivity contribution in [1.82, 2.24) is 5.32 Å². The number of nitrogens with one attached hydrogen (secondary N) is 1. The number of rotatable bonds is 8. The Labute approximate surface area is 270 Å². The third kappa shape index (κ3) is 5.56. The van der Waals surface area contributed by atoms with Crippen LogP contribution in [0.4, 0.5) is 5.69 Å². The average Bonchev–Trinajstić information content (AvgIpc) is 3.41. The molecule has 7 nitrogen and oxygen atoms in total. The third-order valence-electron chi connectivity index (χ3n) is 8.32. The summed E-state index contributed by atoms with van der Waals surface area (Å²) in [5, 5.41) is 7.50. The lowest BCUT2D eigenvalue weighted by Gasteiger charge is -2.36. The van der Waals surface area contributed by atoms with Crippen LogP contribution in [0.15, 0.2) is 109 Å². The van der Waals surface area contributed by atoms with E-state index >= 15 is 0 Å². The number of esters is 2. The molecular formula is C39H40N2O5. The maximum Gasteiger partial charge on any atom is 0.340 e. The molecule has 236 valence electrons. The molecule has 0 saturated carbocycles. The van der Waals surface area contributed by atoms with Crippen LogP contribution >= 0.6 is 0 Å². The first kappa shape index (κ1) is 31.1. The van der Waals surface area contributed by atoms with Crippen molar-refractivity contribution in [2.75, 3.05) is 18.1 Å². The normalized spacial score (nSPS) is 17.6. The number of hydrogen-bond donors (Lipinski definition) is 1. The number of carbonyl (C=O) groups excluding carboxylic acids is 2. The second-order valence-corrected chi connectivity index (χ2v) is 12.5. The van der Waals surface area contributed by atoms with Gasteiger partial charge in [0.25, 0.3) is 0 Å². The highest BCUT2D eigenvalue weighted by Crippen LogP contribution is 2.51. The van der Waals surface area contributed by atoms with Crippen molar-refractivity contribution in [2.24, 2.45) is 0 Å². The molecule has 0 bridgehead atoms. The SMILES string of the molecule is CCOC(=O)C1(C(=O)OCC)N[C@@H](c2cccc3ccccc23)N(c2ccc(OC(C)(C)C)cc2)[C@H]1c1cccc2ccccc12. The van der Waals surface area contributed by atoms with Gasteiger partial charge in [0, 0.05) is 5.69 Å². The van der Waals surface area contributed by atoms with Crippen LogP contribution in [-0.2, 0) is 19.1 Å². The lowest BCUT2D eigenvalue weighted by Crippen LogP contribution is -2.60. The van der Waals surface area contributed by atoms with Crippen molar-refractivity contribution in [3.8, 4) is 5.75 Å². The highest BCUT2D eigenvalue weighted by Gasteiger charge is 2.65. The van der Waals surface area contributed by atoms with Crippen LogP contribution in [0.3, 0.4) is 0 Å². The van der Waals surface area contributed by atoms with Gasteiger partial charge < -0.3 is 19.1 Å². The fourth-order valence-corrected chi connectivity index (χ4v) is 6.56. The van der Waals surface area contributed by atoms with Gasteiger partial charge in [-0.3, -0.25) is 5.32 Å². The predicted octanol–water partition coefficient (Wildman–Crippen LogP) is 7.89. The minimum Gasteiger partial charge on any atom is -0.488 e. The number of ether oxygens (including phenoxy) is 3. The molecule has 1 saturated heterocycles. The van der Waals surface area contributed by atoms with Gasteiger partial charge in [0.2, 0.25) is 5.54 Å². The molecule has 6 rings (SSSR count). The minimum atomic E-state index is -1.90. The van der Waals surface area contributed by atoms with E-state index in [1.165, 1.54) is 0 Å². The zero-order valence-electron chi connectivity index (χ0n) is 26.9. The van der Waals surface area contributed by atoms with Gasteiger partial charge >= 0.3 is 11.9 Å². The van der Waals surface area contributed by atoms with Crippen molar-refractivity contribution in [3.05, 3.63) is 120 Å². The molecule has 0 radical (unpaired) electrons. The van der Waals surface area contributed by atoms with Crippen molar-refractivity contribution in [2.45, 2.75) is 58.0 Å². The molecule has 0 spiro atoms. The number of benzene rings is 5. The molecule has 7 heteroatoms. The summed E-state index contributed by atoms with van der Waals surface area (Å²) in [6.07, 6.45) is -0.627. The molecule has 5 aromatic carbocycles. The molecule has 1 aliphatic rings. The van der Waals surface area contributed by atoms with E-state index in [4.69, 9.17) is 14.2 Å². The number of fused-ring (bicyclic) bond motifs is 2. The zero-order chi connectivity index (χ0) is 32.5. The monoisotopic (exact) mass is 616 g/mol. The summed E-state index contributed by atoms with van der Waals surface area (Å²) in [6, 6.07) is 35.1. The van der Waals surface area contributed by atoms with Crippen molar-refractivity contribution in [3.63, 3.8) is 0 Å². The highest BCUT2D eigenvalue weighted by atomic mass is 16.6. The number of carbonyl (C=O) groups is 2. The Hall–Kier alpha value is -4.88. The van der Waals surface area contributed by atoms with Crippen molar-refractivity contribution in [1.29, 1.82) is 0 Å². The van der Waals surface area contributed by atoms with Crippen LogP contribution < -0.4 is 15.0 Å². The molecular weight excluding hydrogens is 576 g/mol. The Morgan fingerprint density at radius 1 is 0.696 bits per heavy atom. The van der Waals surface area contributed by atoms with Gasteiger partial charge in [0.05, 0.1) is 19.3 Å². The second kappa shape index (κ2) is 12.5. The van der Waals surface area contributed by atoms with E-state index in [1.807, 2.05) is 112 Å². The van der Waals surface area contributed by atoms with Gasteiger partial charge in [0.15, 0.2) is 0 Å². The molecule has 2 atom stereocenters. The predicted molar refractivity (Wildman–Crippen MR) is 182 cm³/mol. The minimum absolute atomic E-state index is 0.0989. The van der Waals surface area contributed by atoms with E-state index < -0.39 is 29.7 Å². The van der Waals surface area contributed by atoms with Crippen LogP contribution in [0, 0.1) is 0 Å². The van der Waals surface area contributed by atoms with E-state index in [1.54, 1.807) is 13.8 Å². The van der Waals surface area contributed by atoms with Gasteiger partial charge in [0.1, 0.15) is 17.5 Å². The molecule has 0 unspecified atom stereocenters. The summed E-state index contributed by atoms with van der Waals surface area (Å²) in [5.74, 6) is -0.660. The summed E-state index contributed by atoms with van der Waals surface area (Å²) in [7, 11) is 0. The molecule has 5 aromatic rings. The summed E-state index contributed by atoms with van der Waals surface area (Å²) >= 11 is 0. The Kier molecular flexibility index (Phi) is 8.45. The standard InChI is InChI=1S/C39H40N2O5/c1-6-44-36(42)39(37(43)45-7-2)34(32-20-12-16-26-14-8-10-18-30(26)32)41(28-22-24-29(25-23-28)46-38(3,4)5)35(40-39)33-21-13-17-27-15-9-11-19-31(27)33/h8-25,34-35,40H,6-7H2,1-5H3/t34-,35+/m0/s1. The molecule has 1 heterocycles. The molecule has 0 amide bonds.